The Morgan fingerprint density at radius 2 is 2.33 bits per heavy atom. The zero-order chi connectivity index (χ0) is 9.19. The van der Waals surface area contributed by atoms with E-state index in [1.54, 1.807) is 18.2 Å². The molecule has 0 aromatic heterocycles. The molecule has 0 amide bonds. The van der Waals surface area contributed by atoms with Crippen molar-refractivity contribution in [1.82, 2.24) is 0 Å². The van der Waals surface area contributed by atoms with Crippen LogP contribution in [0.1, 0.15) is 6.42 Å². The van der Waals surface area contributed by atoms with E-state index >= 15 is 0 Å². The van der Waals surface area contributed by atoms with E-state index in [1.165, 1.54) is 6.26 Å². The van der Waals surface area contributed by atoms with Crippen LogP contribution < -0.4 is 0 Å². The molecule has 1 rings (SSSR count). The first-order chi connectivity index (χ1) is 5.54. The van der Waals surface area contributed by atoms with Crippen molar-refractivity contribution < 1.29 is 13.5 Å². The van der Waals surface area contributed by atoms with Crippen molar-refractivity contribution in [3.05, 3.63) is 23.1 Å². The van der Waals surface area contributed by atoms with Crippen molar-refractivity contribution in [3.8, 4) is 0 Å². The summed E-state index contributed by atoms with van der Waals surface area (Å²) in [5, 5.41) is 8.75. The maximum absolute atomic E-state index is 11.0. The van der Waals surface area contributed by atoms with Gasteiger partial charge in [-0.1, -0.05) is 12.2 Å². The van der Waals surface area contributed by atoms with Gasteiger partial charge in [0.2, 0.25) is 0 Å². The predicted octanol–water partition coefficient (Wildman–Crippen LogP) is 0.483. The summed E-state index contributed by atoms with van der Waals surface area (Å²) in [4.78, 5) is 0.354. The molecule has 4 heteroatoms. The van der Waals surface area contributed by atoms with Crippen molar-refractivity contribution in [2.75, 3.05) is 12.9 Å². The first-order valence-electron chi connectivity index (χ1n) is 3.73. The van der Waals surface area contributed by atoms with E-state index < -0.39 is 9.84 Å². The maximum Gasteiger partial charge on any atom is 0.175 e. The Labute approximate surface area is 72.3 Å². The quantitative estimate of drug-likeness (QED) is 0.686. The van der Waals surface area contributed by atoms with Gasteiger partial charge in [0, 0.05) is 18.8 Å². The Kier molecular flexibility index (Phi) is 2.69. The normalized spacial score (nSPS) is 23.8. The number of aliphatic hydroxyl groups excluding tert-OH is 1. The molecule has 0 saturated carbocycles. The average Bonchev–Trinajstić information content (AvgIpc) is 2.03. The Morgan fingerprint density at radius 1 is 1.67 bits per heavy atom. The fraction of sp³-hybridized carbons (Fsp3) is 0.500. The second-order valence-electron chi connectivity index (χ2n) is 2.92. The zero-order valence-corrected chi connectivity index (χ0v) is 7.71. The van der Waals surface area contributed by atoms with Gasteiger partial charge < -0.3 is 5.11 Å². The van der Waals surface area contributed by atoms with Gasteiger partial charge in [0.25, 0.3) is 0 Å². The highest BCUT2D eigenvalue weighted by Gasteiger charge is 2.13. The molecule has 0 saturated heterocycles. The highest BCUT2D eigenvalue weighted by molar-refractivity contribution is 7.94. The minimum absolute atomic E-state index is 0.0735. The first kappa shape index (κ1) is 9.48. The van der Waals surface area contributed by atoms with Crippen molar-refractivity contribution in [2.45, 2.75) is 6.42 Å². The maximum atomic E-state index is 11.0. The van der Waals surface area contributed by atoms with Gasteiger partial charge in [0.15, 0.2) is 9.84 Å². The molecule has 0 aromatic rings. The van der Waals surface area contributed by atoms with Crippen molar-refractivity contribution in [1.29, 1.82) is 0 Å². The van der Waals surface area contributed by atoms with Crippen LogP contribution in [0.2, 0.25) is 0 Å². The molecule has 0 unspecified atom stereocenters. The molecule has 0 aromatic carbocycles. The molecule has 0 fully saturated rings. The second kappa shape index (κ2) is 3.41. The minimum Gasteiger partial charge on any atom is -0.396 e. The Hall–Kier alpha value is -0.610. The smallest absolute Gasteiger partial charge is 0.175 e. The molecule has 0 aliphatic heterocycles. The van der Waals surface area contributed by atoms with E-state index in [0.717, 1.165) is 0 Å². The lowest BCUT2D eigenvalue weighted by atomic mass is 10.0. The van der Waals surface area contributed by atoms with E-state index in [4.69, 9.17) is 5.11 Å². The van der Waals surface area contributed by atoms with E-state index in [9.17, 15) is 8.42 Å². The number of sulfone groups is 1. The van der Waals surface area contributed by atoms with Gasteiger partial charge in [0.1, 0.15) is 0 Å². The number of hydrogen-bond acceptors (Lipinski definition) is 3. The fourth-order valence-electron chi connectivity index (χ4n) is 1.06. The lowest BCUT2D eigenvalue weighted by Crippen LogP contribution is -2.08. The number of allylic oxidation sites excluding steroid dienone is 2. The van der Waals surface area contributed by atoms with E-state index in [-0.39, 0.29) is 12.5 Å². The Morgan fingerprint density at radius 3 is 2.67 bits per heavy atom. The molecule has 0 spiro atoms. The number of hydrogen-bond donors (Lipinski definition) is 1. The van der Waals surface area contributed by atoms with Gasteiger partial charge in [0.05, 0.1) is 4.91 Å². The van der Waals surface area contributed by atoms with Crippen LogP contribution in [0.5, 0.6) is 0 Å². The summed E-state index contributed by atoms with van der Waals surface area (Å²) in [6.07, 6.45) is 6.73. The van der Waals surface area contributed by atoms with Crippen LogP contribution in [-0.2, 0) is 9.84 Å². The summed E-state index contributed by atoms with van der Waals surface area (Å²) in [6.45, 7) is 0.0735. The molecule has 1 aliphatic carbocycles. The third kappa shape index (κ3) is 2.19. The van der Waals surface area contributed by atoms with Crippen LogP contribution in [0.25, 0.3) is 0 Å². The van der Waals surface area contributed by atoms with Crippen molar-refractivity contribution in [2.24, 2.45) is 5.92 Å². The number of rotatable bonds is 2. The molecule has 1 N–H and O–H groups in total. The van der Waals surface area contributed by atoms with Gasteiger partial charge in [-0.2, -0.15) is 0 Å². The molecule has 3 nitrogen and oxygen atoms in total. The van der Waals surface area contributed by atoms with E-state index in [2.05, 4.69) is 0 Å². The molecule has 68 valence electrons. The van der Waals surface area contributed by atoms with Crippen LogP contribution in [0.3, 0.4) is 0 Å². The molecule has 12 heavy (non-hydrogen) atoms. The van der Waals surface area contributed by atoms with Gasteiger partial charge in [-0.15, -0.1) is 0 Å². The predicted molar refractivity (Wildman–Crippen MR) is 47.3 cm³/mol. The highest BCUT2D eigenvalue weighted by Crippen LogP contribution is 2.18. The Bertz CT molecular complexity index is 311. The lowest BCUT2D eigenvalue weighted by molar-refractivity contribution is 0.253. The van der Waals surface area contributed by atoms with Crippen LogP contribution in [-0.4, -0.2) is 26.4 Å². The zero-order valence-electron chi connectivity index (χ0n) is 6.90. The SMILES string of the molecule is CS(=O)(=O)C1=CC[C@@H](CO)C=C1. The molecular formula is C8H12O3S. The minimum atomic E-state index is -3.06. The van der Waals surface area contributed by atoms with E-state index in [1.807, 2.05) is 0 Å². The molecule has 0 bridgehead atoms. The Balaban J connectivity index is 2.78. The van der Waals surface area contributed by atoms with Gasteiger partial charge in [-0.05, 0) is 12.5 Å². The monoisotopic (exact) mass is 188 g/mol. The first-order valence-corrected chi connectivity index (χ1v) is 5.62. The highest BCUT2D eigenvalue weighted by atomic mass is 32.2. The van der Waals surface area contributed by atoms with Gasteiger partial charge >= 0.3 is 0 Å². The third-order valence-corrected chi connectivity index (χ3v) is 2.98. The summed E-state index contributed by atoms with van der Waals surface area (Å²) in [5.74, 6) is 0.0792. The molecule has 0 heterocycles. The van der Waals surface area contributed by atoms with Gasteiger partial charge in [-0.25, -0.2) is 8.42 Å². The summed E-state index contributed by atoms with van der Waals surface area (Å²) in [7, 11) is -3.06. The standard InChI is InChI=1S/C8H12O3S/c1-12(10,11)8-4-2-7(6-9)3-5-8/h2,4-5,7,9H,3,6H2,1H3/t7-/m0/s1. The summed E-state index contributed by atoms with van der Waals surface area (Å²) in [6, 6.07) is 0. The lowest BCUT2D eigenvalue weighted by Gasteiger charge is -2.11. The fourth-order valence-corrected chi connectivity index (χ4v) is 1.78. The molecular weight excluding hydrogens is 176 g/mol. The molecule has 0 radical (unpaired) electrons. The van der Waals surface area contributed by atoms with Gasteiger partial charge in [-0.3, -0.25) is 0 Å². The largest absolute Gasteiger partial charge is 0.396 e. The third-order valence-electron chi connectivity index (χ3n) is 1.82. The summed E-state index contributed by atoms with van der Waals surface area (Å²) < 4.78 is 22.0. The molecule has 1 aliphatic rings. The number of aliphatic hydroxyl groups is 1. The van der Waals surface area contributed by atoms with Crippen LogP contribution >= 0.6 is 0 Å². The van der Waals surface area contributed by atoms with Crippen LogP contribution in [0.4, 0.5) is 0 Å². The van der Waals surface area contributed by atoms with E-state index in [0.29, 0.717) is 11.3 Å². The molecule has 1 atom stereocenters. The average molecular weight is 188 g/mol. The topological polar surface area (TPSA) is 54.4 Å². The van der Waals surface area contributed by atoms with Crippen LogP contribution in [0.15, 0.2) is 23.1 Å². The van der Waals surface area contributed by atoms with Crippen LogP contribution in [0, 0.1) is 5.92 Å². The second-order valence-corrected chi connectivity index (χ2v) is 4.93. The van der Waals surface area contributed by atoms with Crippen molar-refractivity contribution in [3.63, 3.8) is 0 Å². The summed E-state index contributed by atoms with van der Waals surface area (Å²) in [5.41, 5.74) is 0. The summed E-state index contributed by atoms with van der Waals surface area (Å²) >= 11 is 0. The van der Waals surface area contributed by atoms with Crippen molar-refractivity contribution >= 4 is 9.84 Å².